The van der Waals surface area contributed by atoms with Crippen molar-refractivity contribution in [1.82, 2.24) is 16.0 Å². The zero-order chi connectivity index (χ0) is 25.1. The van der Waals surface area contributed by atoms with Gasteiger partial charge >= 0.3 is 0 Å². The summed E-state index contributed by atoms with van der Waals surface area (Å²) >= 11 is 1.79. The number of thiophene rings is 1. The first-order chi connectivity index (χ1) is 17.4. The minimum absolute atomic E-state index is 0.0534. The Morgan fingerprint density at radius 3 is 2.72 bits per heavy atom. The second kappa shape index (κ2) is 11.1. The number of carbonyl (C=O) groups is 1. The van der Waals surface area contributed by atoms with Gasteiger partial charge in [0.25, 0.3) is 5.91 Å². The first kappa shape index (κ1) is 25.0. The molecule has 3 aromatic rings. The Morgan fingerprint density at radius 1 is 1.11 bits per heavy atom. The smallest absolute Gasteiger partial charge is 0.252 e. The molecule has 6 nitrogen and oxygen atoms in total. The SMILES string of the molecule is Cc1ccc(NC2CNC2)cc1C(=O)NC(C)c1cccc(-c2ccc(CNC3CCC(O)C3)s2)c1. The first-order valence-electron chi connectivity index (χ1n) is 12.9. The fraction of sp³-hybridized carbons (Fsp3) is 0.414. The normalized spacial score (nSPS) is 20.6. The number of benzene rings is 2. The maximum atomic E-state index is 13.2. The van der Waals surface area contributed by atoms with Crippen molar-refractivity contribution < 1.29 is 9.90 Å². The van der Waals surface area contributed by atoms with E-state index >= 15 is 0 Å². The average molecular weight is 505 g/mol. The van der Waals surface area contributed by atoms with Gasteiger partial charge in [-0.25, -0.2) is 0 Å². The van der Waals surface area contributed by atoms with Gasteiger partial charge in [0, 0.05) is 46.7 Å². The Labute approximate surface area is 217 Å². The minimum Gasteiger partial charge on any atom is -0.393 e. The molecule has 1 aromatic heterocycles. The molecule has 36 heavy (non-hydrogen) atoms. The zero-order valence-corrected chi connectivity index (χ0v) is 21.8. The Bertz CT molecular complexity index is 1210. The van der Waals surface area contributed by atoms with E-state index in [1.165, 1.54) is 9.75 Å². The number of rotatable bonds is 9. The highest BCUT2D eigenvalue weighted by Gasteiger charge is 2.22. The van der Waals surface area contributed by atoms with Gasteiger partial charge < -0.3 is 26.4 Å². The number of amides is 1. The van der Waals surface area contributed by atoms with Crippen molar-refractivity contribution in [2.75, 3.05) is 18.4 Å². The summed E-state index contributed by atoms with van der Waals surface area (Å²) < 4.78 is 0. The third kappa shape index (κ3) is 5.98. The van der Waals surface area contributed by atoms with Crippen LogP contribution >= 0.6 is 11.3 Å². The van der Waals surface area contributed by atoms with E-state index in [1.54, 1.807) is 11.3 Å². The predicted octanol–water partition coefficient (Wildman–Crippen LogP) is 4.60. The lowest BCUT2D eigenvalue weighted by Gasteiger charge is -2.29. The molecule has 1 saturated heterocycles. The molecule has 1 aliphatic carbocycles. The molecular weight excluding hydrogens is 468 g/mol. The van der Waals surface area contributed by atoms with E-state index in [9.17, 15) is 9.90 Å². The van der Waals surface area contributed by atoms with E-state index in [0.29, 0.717) is 17.6 Å². The van der Waals surface area contributed by atoms with Crippen LogP contribution in [-0.2, 0) is 6.54 Å². The highest BCUT2D eigenvalue weighted by molar-refractivity contribution is 7.15. The fourth-order valence-corrected chi connectivity index (χ4v) is 5.87. The maximum absolute atomic E-state index is 13.2. The minimum atomic E-state index is -0.152. The summed E-state index contributed by atoms with van der Waals surface area (Å²) in [6.45, 7) is 6.76. The molecule has 2 aliphatic rings. The van der Waals surface area contributed by atoms with Gasteiger partial charge in [-0.1, -0.05) is 24.3 Å². The molecule has 2 fully saturated rings. The van der Waals surface area contributed by atoms with Gasteiger partial charge in [0.2, 0.25) is 0 Å². The van der Waals surface area contributed by atoms with Crippen LogP contribution in [0.2, 0.25) is 0 Å². The van der Waals surface area contributed by atoms with Gasteiger partial charge in [-0.2, -0.15) is 0 Å². The van der Waals surface area contributed by atoms with Crippen molar-refractivity contribution in [2.24, 2.45) is 0 Å². The van der Waals surface area contributed by atoms with Crippen molar-refractivity contribution in [1.29, 1.82) is 0 Å². The topological polar surface area (TPSA) is 85.4 Å². The summed E-state index contributed by atoms with van der Waals surface area (Å²) in [5, 5.41) is 23.3. The van der Waals surface area contributed by atoms with E-state index in [-0.39, 0.29) is 18.1 Å². The molecule has 1 amide bonds. The molecule has 2 heterocycles. The lowest BCUT2D eigenvalue weighted by molar-refractivity contribution is 0.0939. The molecule has 7 heteroatoms. The molecule has 0 radical (unpaired) electrons. The predicted molar refractivity (Wildman–Crippen MR) is 148 cm³/mol. The molecule has 190 valence electrons. The van der Waals surface area contributed by atoms with Gasteiger partial charge in [-0.15, -0.1) is 11.3 Å². The molecule has 0 spiro atoms. The van der Waals surface area contributed by atoms with Crippen molar-refractivity contribution in [3.05, 3.63) is 76.2 Å². The first-order valence-corrected chi connectivity index (χ1v) is 13.8. The van der Waals surface area contributed by atoms with Crippen LogP contribution in [0, 0.1) is 6.92 Å². The summed E-state index contributed by atoms with van der Waals surface area (Å²) in [4.78, 5) is 15.7. The zero-order valence-electron chi connectivity index (χ0n) is 21.0. The second-order valence-corrected chi connectivity index (χ2v) is 11.3. The van der Waals surface area contributed by atoms with E-state index in [4.69, 9.17) is 0 Å². The highest BCUT2D eigenvalue weighted by Crippen LogP contribution is 2.30. The molecule has 5 rings (SSSR count). The summed E-state index contributed by atoms with van der Waals surface area (Å²) in [6, 6.07) is 19.5. The van der Waals surface area contributed by atoms with E-state index < -0.39 is 0 Å². The number of carbonyl (C=O) groups excluding carboxylic acids is 1. The number of anilines is 1. The number of aryl methyl sites for hydroxylation is 1. The second-order valence-electron chi connectivity index (χ2n) is 10.2. The van der Waals surface area contributed by atoms with Crippen LogP contribution < -0.4 is 21.3 Å². The summed E-state index contributed by atoms with van der Waals surface area (Å²) in [5.74, 6) is -0.0534. The van der Waals surface area contributed by atoms with Crippen LogP contribution in [0.25, 0.3) is 10.4 Å². The van der Waals surface area contributed by atoms with Crippen molar-refractivity contribution in [2.45, 2.75) is 63.9 Å². The summed E-state index contributed by atoms with van der Waals surface area (Å²) in [6.07, 6.45) is 2.64. The third-order valence-electron chi connectivity index (χ3n) is 7.28. The quantitative estimate of drug-likeness (QED) is 0.294. The third-order valence-corrected chi connectivity index (χ3v) is 8.42. The molecule has 3 unspecified atom stereocenters. The summed E-state index contributed by atoms with van der Waals surface area (Å²) in [5.41, 5.74) is 4.91. The number of nitrogens with one attached hydrogen (secondary N) is 4. The van der Waals surface area contributed by atoms with E-state index in [1.807, 2.05) is 32.0 Å². The average Bonchev–Trinajstić information content (AvgIpc) is 3.50. The largest absolute Gasteiger partial charge is 0.393 e. The molecule has 0 bridgehead atoms. The number of aliphatic hydroxyl groups excluding tert-OH is 1. The Hall–Kier alpha value is -2.71. The van der Waals surface area contributed by atoms with Crippen LogP contribution in [0.5, 0.6) is 0 Å². The van der Waals surface area contributed by atoms with Gasteiger partial charge in [0.1, 0.15) is 0 Å². The lowest BCUT2D eigenvalue weighted by Crippen LogP contribution is -2.51. The van der Waals surface area contributed by atoms with Crippen LogP contribution in [-0.4, -0.2) is 42.3 Å². The highest BCUT2D eigenvalue weighted by atomic mass is 32.1. The van der Waals surface area contributed by atoms with Crippen LogP contribution in [0.3, 0.4) is 0 Å². The van der Waals surface area contributed by atoms with Crippen molar-refractivity contribution >= 4 is 22.9 Å². The van der Waals surface area contributed by atoms with Gasteiger partial charge in [-0.05, 0) is 80.1 Å². The number of aliphatic hydroxyl groups is 1. The fourth-order valence-electron chi connectivity index (χ4n) is 4.92. The van der Waals surface area contributed by atoms with Crippen LogP contribution in [0.4, 0.5) is 5.69 Å². The molecule has 1 aliphatic heterocycles. The van der Waals surface area contributed by atoms with Gasteiger partial charge in [-0.3, -0.25) is 4.79 Å². The van der Waals surface area contributed by atoms with Crippen LogP contribution in [0.1, 0.15) is 58.6 Å². The number of hydrogen-bond donors (Lipinski definition) is 5. The van der Waals surface area contributed by atoms with E-state index in [2.05, 4.69) is 57.7 Å². The van der Waals surface area contributed by atoms with E-state index in [0.717, 1.165) is 61.3 Å². The Morgan fingerprint density at radius 2 is 1.97 bits per heavy atom. The standard InChI is InChI=1S/C29H36N4O2S/c1-18-6-7-23(33-24-15-30-16-24)14-27(18)29(35)32-19(2)20-4-3-5-21(12-20)28-11-10-26(36-28)17-31-22-8-9-25(34)13-22/h3-7,10-12,14,19,22,24-25,30-31,33-34H,8-9,13,15-17H2,1-2H3,(H,32,35). The molecule has 5 N–H and O–H groups in total. The molecular formula is C29H36N4O2S. The van der Waals surface area contributed by atoms with Crippen LogP contribution in [0.15, 0.2) is 54.6 Å². The van der Waals surface area contributed by atoms with Crippen molar-refractivity contribution in [3.63, 3.8) is 0 Å². The van der Waals surface area contributed by atoms with Crippen molar-refractivity contribution in [3.8, 4) is 10.4 Å². The Balaban J connectivity index is 1.22. The van der Waals surface area contributed by atoms with Gasteiger partial charge in [0.05, 0.1) is 18.2 Å². The van der Waals surface area contributed by atoms with Gasteiger partial charge in [0.15, 0.2) is 0 Å². The monoisotopic (exact) mass is 504 g/mol. The summed E-state index contributed by atoms with van der Waals surface area (Å²) in [7, 11) is 0. The Kier molecular flexibility index (Phi) is 7.72. The lowest BCUT2D eigenvalue weighted by atomic mass is 10.0. The molecule has 3 atom stereocenters. The maximum Gasteiger partial charge on any atom is 0.252 e. The molecule has 1 saturated carbocycles. The molecule has 2 aromatic carbocycles. The number of hydrogen-bond acceptors (Lipinski definition) is 6.